The number of rotatable bonds is 27. The minimum Gasteiger partial charge on any atom is -0.478 e. The maximum atomic E-state index is 11.4. The summed E-state index contributed by atoms with van der Waals surface area (Å²) in [6.45, 7) is 25.7. The van der Waals surface area contributed by atoms with E-state index in [2.05, 4.69) is 74.9 Å². The highest BCUT2D eigenvalue weighted by Gasteiger charge is 2.29. The lowest BCUT2D eigenvalue weighted by atomic mass is 10.5. The number of carboxylic acid groups (broad SMARTS) is 1. The van der Waals surface area contributed by atoms with Crippen LogP contribution in [0.3, 0.4) is 0 Å². The van der Waals surface area contributed by atoms with Gasteiger partial charge in [-0.05, 0) is 90.4 Å². The number of hydrogen-bond acceptors (Lipinski definition) is 14. The lowest BCUT2D eigenvalue weighted by Crippen LogP contribution is -2.42. The summed E-state index contributed by atoms with van der Waals surface area (Å²) < 4.78 is 46.7. The fourth-order valence-corrected chi connectivity index (χ4v) is 20.4. The first-order valence-corrected chi connectivity index (χ1v) is 30.8. The van der Waals surface area contributed by atoms with Crippen molar-refractivity contribution < 1.29 is 70.8 Å². The van der Waals surface area contributed by atoms with E-state index in [1.807, 2.05) is 0 Å². The van der Waals surface area contributed by atoms with Gasteiger partial charge in [0.05, 0.1) is 33.0 Å². The predicted octanol–water partition coefficient (Wildman–Crippen LogP) is 5.00. The van der Waals surface area contributed by atoms with Gasteiger partial charge in [-0.2, -0.15) is 0 Å². The zero-order valence-corrected chi connectivity index (χ0v) is 38.4. The molecule has 2 N–H and O–H groups in total. The largest absolute Gasteiger partial charge is 0.478 e. The Hall–Kier alpha value is -2.05. The molecular formula is C34H70O15Si4. The Kier molecular flexibility index (Phi) is 33.6. The fourth-order valence-electron chi connectivity index (χ4n) is 4.30. The molecule has 15 nitrogen and oxygen atoms in total. The van der Waals surface area contributed by atoms with Gasteiger partial charge < -0.3 is 51.6 Å². The average molecular weight is 831 g/mol. The highest BCUT2D eigenvalue weighted by atomic mass is 28.4. The Bertz CT molecular complexity index is 1040. The first-order valence-electron chi connectivity index (χ1n) is 17.7. The molecule has 0 radical (unpaired) electrons. The van der Waals surface area contributed by atoms with Crippen LogP contribution < -0.4 is 0 Å². The van der Waals surface area contributed by atoms with Crippen molar-refractivity contribution in [2.45, 2.75) is 90.4 Å². The van der Waals surface area contributed by atoms with Crippen LogP contribution in [-0.4, -0.2) is 148 Å². The highest BCUT2D eigenvalue weighted by molar-refractivity contribution is 6.84. The van der Waals surface area contributed by atoms with Gasteiger partial charge in [0.2, 0.25) is 0 Å². The van der Waals surface area contributed by atoms with Crippen LogP contribution in [0, 0.1) is 0 Å². The zero-order valence-electron chi connectivity index (χ0n) is 34.4. The second kappa shape index (κ2) is 32.2. The molecule has 0 aliphatic heterocycles. The number of carboxylic acids is 1. The van der Waals surface area contributed by atoms with Crippen molar-refractivity contribution >= 4 is 57.1 Å². The van der Waals surface area contributed by atoms with E-state index >= 15 is 0 Å². The SMILES string of the molecule is COCCOC(=O)/C=C/C(=O)O.COCCOC(=O)/C=C/C(=O)OCCOCCC[Si](C)(C)O[Si](C)(C)C.C[Si](C)(C)O[Si](C)(C)CCCOCCO. The summed E-state index contributed by atoms with van der Waals surface area (Å²) in [6, 6.07) is 2.19. The summed E-state index contributed by atoms with van der Waals surface area (Å²) in [5.74, 6) is -3.08. The monoisotopic (exact) mass is 830 g/mol. The maximum absolute atomic E-state index is 11.4. The molecule has 0 saturated carbocycles. The smallest absolute Gasteiger partial charge is 0.331 e. The van der Waals surface area contributed by atoms with Crippen molar-refractivity contribution in [1.29, 1.82) is 0 Å². The summed E-state index contributed by atoms with van der Waals surface area (Å²) in [5.41, 5.74) is 0. The predicted molar refractivity (Wildman–Crippen MR) is 214 cm³/mol. The normalized spacial score (nSPS) is 12.1. The molecular weight excluding hydrogens is 761 g/mol. The highest BCUT2D eigenvalue weighted by Crippen LogP contribution is 2.20. The summed E-state index contributed by atoms with van der Waals surface area (Å²) in [4.78, 5) is 43.2. The van der Waals surface area contributed by atoms with E-state index in [4.69, 9.17) is 42.1 Å². The Balaban J connectivity index is -0.000000781. The lowest BCUT2D eigenvalue weighted by molar-refractivity contribution is -0.141. The molecule has 0 amide bonds. The van der Waals surface area contributed by atoms with E-state index in [0.29, 0.717) is 33.0 Å². The number of aliphatic carboxylic acids is 1. The van der Waals surface area contributed by atoms with Crippen LogP contribution in [0.1, 0.15) is 12.8 Å². The molecule has 0 aliphatic rings. The molecule has 0 aliphatic carbocycles. The van der Waals surface area contributed by atoms with Crippen LogP contribution in [0.15, 0.2) is 24.3 Å². The third-order valence-electron chi connectivity index (χ3n) is 5.79. The van der Waals surface area contributed by atoms with Crippen LogP contribution >= 0.6 is 0 Å². The molecule has 0 unspecified atom stereocenters. The van der Waals surface area contributed by atoms with Gasteiger partial charge in [-0.3, -0.25) is 0 Å². The van der Waals surface area contributed by atoms with Crippen LogP contribution in [-0.2, 0) is 60.6 Å². The second-order valence-electron chi connectivity index (χ2n) is 14.6. The van der Waals surface area contributed by atoms with Gasteiger partial charge in [-0.1, -0.05) is 0 Å². The van der Waals surface area contributed by atoms with E-state index in [0.717, 1.165) is 55.8 Å². The number of esters is 3. The van der Waals surface area contributed by atoms with Crippen LogP contribution in [0.25, 0.3) is 0 Å². The van der Waals surface area contributed by atoms with Gasteiger partial charge in [0.15, 0.2) is 33.3 Å². The minimum absolute atomic E-state index is 0.117. The summed E-state index contributed by atoms with van der Waals surface area (Å²) in [6.07, 6.45) is 5.61. The first-order chi connectivity index (χ1) is 24.5. The van der Waals surface area contributed by atoms with Gasteiger partial charge in [0.25, 0.3) is 0 Å². The summed E-state index contributed by atoms with van der Waals surface area (Å²) in [5, 5.41) is 16.7. The zero-order chi connectivity index (χ0) is 41.4. The quantitative estimate of drug-likeness (QED) is 0.0370. The Labute approximate surface area is 322 Å². The Morgan fingerprint density at radius 2 is 0.830 bits per heavy atom. The number of ether oxygens (including phenoxy) is 7. The van der Waals surface area contributed by atoms with Crippen molar-refractivity contribution in [1.82, 2.24) is 0 Å². The average Bonchev–Trinajstić information content (AvgIpc) is 3.01. The second-order valence-corrected chi connectivity index (χ2v) is 32.7. The van der Waals surface area contributed by atoms with E-state index < -0.39 is 57.1 Å². The molecule has 19 heteroatoms. The van der Waals surface area contributed by atoms with Crippen LogP contribution in [0.4, 0.5) is 0 Å². The number of hydrogen-bond donors (Lipinski definition) is 2. The molecule has 0 rings (SSSR count). The fraction of sp³-hybridized carbons (Fsp3) is 0.765. The van der Waals surface area contributed by atoms with E-state index in [-0.39, 0.29) is 26.4 Å². The molecule has 53 heavy (non-hydrogen) atoms. The first kappa shape index (κ1) is 55.3. The van der Waals surface area contributed by atoms with Gasteiger partial charge in [-0.25, -0.2) is 19.2 Å². The van der Waals surface area contributed by atoms with E-state index in [9.17, 15) is 19.2 Å². The van der Waals surface area contributed by atoms with E-state index in [1.165, 1.54) is 14.2 Å². The molecule has 0 fully saturated rings. The molecule has 0 atom stereocenters. The van der Waals surface area contributed by atoms with Crippen molar-refractivity contribution in [2.24, 2.45) is 0 Å². The Morgan fingerprint density at radius 1 is 0.491 bits per heavy atom. The van der Waals surface area contributed by atoms with Crippen molar-refractivity contribution in [3.63, 3.8) is 0 Å². The third-order valence-corrected chi connectivity index (χ3v) is 18.2. The topological polar surface area (TPSA) is 192 Å². The van der Waals surface area contributed by atoms with Gasteiger partial charge >= 0.3 is 23.9 Å². The number of aliphatic hydroxyl groups excluding tert-OH is 1. The summed E-state index contributed by atoms with van der Waals surface area (Å²) in [7, 11) is -3.00. The molecule has 0 saturated heterocycles. The molecule has 0 spiro atoms. The van der Waals surface area contributed by atoms with E-state index in [1.54, 1.807) is 0 Å². The summed E-state index contributed by atoms with van der Waals surface area (Å²) >= 11 is 0. The molecule has 0 aromatic rings. The number of carbonyl (C=O) groups is 4. The number of methoxy groups -OCH3 is 2. The standard InChI is InChI=1S/C17H34O7Si2.C10H26O3Si2.C7H10O5/c1-20-11-13-22-16(18)8-9-17(19)23-14-12-21-10-7-15-26(5,6)24-25(2,3)4;1-14(2,3)13-15(4,5)10-6-8-12-9-7-11;1-11-4-5-12-7(10)3-2-6(8)9/h8-9H,7,10-15H2,1-6H3;11H,6-10H2,1-5H3;2-3H,4-5H2,1H3,(H,8,9)/b9-8+;;3-2+. The molecule has 0 heterocycles. The van der Waals surface area contributed by atoms with Crippen molar-refractivity contribution in [3.8, 4) is 0 Å². The molecule has 0 bridgehead atoms. The van der Waals surface area contributed by atoms with Gasteiger partial charge in [0, 0.05) is 51.7 Å². The van der Waals surface area contributed by atoms with Gasteiger partial charge in [0.1, 0.15) is 19.8 Å². The maximum Gasteiger partial charge on any atom is 0.331 e. The minimum atomic E-state index is -1.62. The van der Waals surface area contributed by atoms with Gasteiger partial charge in [-0.15, -0.1) is 0 Å². The van der Waals surface area contributed by atoms with Crippen molar-refractivity contribution in [3.05, 3.63) is 24.3 Å². The number of aliphatic hydroxyl groups is 1. The molecule has 0 aromatic carbocycles. The van der Waals surface area contributed by atoms with Crippen molar-refractivity contribution in [2.75, 3.05) is 80.3 Å². The third kappa shape index (κ3) is 47.9. The Morgan fingerprint density at radius 3 is 1.15 bits per heavy atom. The molecule has 0 aromatic heterocycles. The molecule has 312 valence electrons. The van der Waals surface area contributed by atoms with Crippen LogP contribution in [0.5, 0.6) is 0 Å². The van der Waals surface area contributed by atoms with Crippen LogP contribution in [0.2, 0.25) is 77.6 Å². The lowest BCUT2D eigenvalue weighted by Gasteiger charge is -2.31. The number of carbonyl (C=O) groups excluding carboxylic acids is 3.